The van der Waals surface area contributed by atoms with Gasteiger partial charge in [-0.15, -0.1) is 5.10 Å². The number of nitrogens with one attached hydrogen (secondary N) is 2. The molecule has 1 aliphatic heterocycles. The van der Waals surface area contributed by atoms with E-state index in [0.717, 1.165) is 23.1 Å². The molecule has 0 aliphatic carbocycles. The number of carbonyl (C=O) groups excluding carboxylic acids is 1. The van der Waals surface area contributed by atoms with Crippen LogP contribution >= 0.6 is 15.9 Å². The van der Waals surface area contributed by atoms with Crippen molar-refractivity contribution in [2.45, 2.75) is 19.0 Å². The van der Waals surface area contributed by atoms with Gasteiger partial charge in [0.2, 0.25) is 0 Å². The predicted molar refractivity (Wildman–Crippen MR) is 82.0 cm³/mol. The van der Waals surface area contributed by atoms with Gasteiger partial charge in [-0.3, -0.25) is 4.79 Å². The molecule has 1 amide bonds. The van der Waals surface area contributed by atoms with E-state index in [-0.39, 0.29) is 11.9 Å². The van der Waals surface area contributed by atoms with Gasteiger partial charge in [0.15, 0.2) is 5.69 Å². The molecule has 0 saturated carbocycles. The van der Waals surface area contributed by atoms with Gasteiger partial charge in [0, 0.05) is 17.6 Å². The highest BCUT2D eigenvalue weighted by atomic mass is 79.9. The molecule has 1 aromatic heterocycles. The third kappa shape index (κ3) is 2.98. The number of amides is 1. The summed E-state index contributed by atoms with van der Waals surface area (Å²) in [5, 5.41) is 14.1. The highest BCUT2D eigenvalue weighted by molar-refractivity contribution is 9.10. The molecule has 2 aromatic rings. The van der Waals surface area contributed by atoms with E-state index in [1.165, 1.54) is 0 Å². The van der Waals surface area contributed by atoms with Gasteiger partial charge in [0.05, 0.1) is 18.3 Å². The second kappa shape index (κ2) is 5.95. The predicted octanol–water partition coefficient (Wildman–Crippen LogP) is 1.68. The molecule has 1 atom stereocenters. The molecule has 1 aromatic carbocycles. The maximum absolute atomic E-state index is 12.2. The summed E-state index contributed by atoms with van der Waals surface area (Å²) in [5.41, 5.74) is 1.38. The van der Waals surface area contributed by atoms with Crippen LogP contribution in [0, 0.1) is 0 Å². The number of hydrogen-bond donors (Lipinski definition) is 2. The van der Waals surface area contributed by atoms with Crippen LogP contribution < -0.4 is 10.6 Å². The normalized spacial score (nSPS) is 16.3. The Morgan fingerprint density at radius 3 is 2.90 bits per heavy atom. The van der Waals surface area contributed by atoms with Gasteiger partial charge < -0.3 is 10.6 Å². The molecule has 0 spiro atoms. The lowest BCUT2D eigenvalue weighted by Gasteiger charge is -2.26. The number of halogens is 1. The van der Waals surface area contributed by atoms with Crippen molar-refractivity contribution in [3.63, 3.8) is 0 Å². The lowest BCUT2D eigenvalue weighted by molar-refractivity contribution is 0.0934. The van der Waals surface area contributed by atoms with Crippen molar-refractivity contribution in [2.75, 3.05) is 13.1 Å². The van der Waals surface area contributed by atoms with Crippen LogP contribution in [0.25, 0.3) is 0 Å². The third-order valence-electron chi connectivity index (χ3n) is 3.60. The molecule has 0 unspecified atom stereocenters. The first-order chi connectivity index (χ1) is 10.1. The number of aromatic nitrogens is 3. The number of hydrogen-bond acceptors (Lipinski definition) is 4. The van der Waals surface area contributed by atoms with Gasteiger partial charge in [-0.25, -0.2) is 4.68 Å². The Bertz CT molecular complexity index is 652. The zero-order valence-corrected chi connectivity index (χ0v) is 13.2. The zero-order chi connectivity index (χ0) is 14.8. The lowest BCUT2D eigenvalue weighted by atomic mass is 10.1. The topological polar surface area (TPSA) is 71.8 Å². The minimum Gasteiger partial charge on any atom is -0.344 e. The number of rotatable bonds is 4. The average Bonchev–Trinajstić information content (AvgIpc) is 2.86. The maximum atomic E-state index is 12.2. The van der Waals surface area contributed by atoms with E-state index in [1.54, 1.807) is 10.9 Å². The van der Waals surface area contributed by atoms with E-state index in [0.29, 0.717) is 11.7 Å². The Morgan fingerprint density at radius 1 is 1.48 bits per heavy atom. The molecule has 0 radical (unpaired) electrons. The molecule has 1 aliphatic rings. The van der Waals surface area contributed by atoms with Crippen molar-refractivity contribution in [2.24, 2.45) is 0 Å². The van der Waals surface area contributed by atoms with Gasteiger partial charge in [-0.1, -0.05) is 39.3 Å². The van der Waals surface area contributed by atoms with E-state index < -0.39 is 0 Å². The Labute approximate surface area is 131 Å². The molecule has 0 bridgehead atoms. The quantitative estimate of drug-likeness (QED) is 0.880. The summed E-state index contributed by atoms with van der Waals surface area (Å²) in [6.45, 7) is 3.69. The summed E-state index contributed by atoms with van der Waals surface area (Å²) in [5.74, 6) is -0.211. The largest absolute Gasteiger partial charge is 0.344 e. The SMILES string of the molecule is C[C@H](NC(=O)c1cn(C2CNC2)nn1)c1ccccc1Br. The first kappa shape index (κ1) is 14.2. The van der Waals surface area contributed by atoms with Crippen LogP contribution in [-0.4, -0.2) is 34.0 Å². The van der Waals surface area contributed by atoms with E-state index in [1.807, 2.05) is 31.2 Å². The molecule has 2 heterocycles. The van der Waals surface area contributed by atoms with Gasteiger partial charge in [0.1, 0.15) is 0 Å². The summed E-state index contributed by atoms with van der Waals surface area (Å²) in [7, 11) is 0. The van der Waals surface area contributed by atoms with Crippen molar-refractivity contribution in [1.29, 1.82) is 0 Å². The summed E-state index contributed by atoms with van der Waals surface area (Å²) in [4.78, 5) is 12.2. The first-order valence-electron chi connectivity index (χ1n) is 6.83. The molecular formula is C14H16BrN5O. The molecule has 1 saturated heterocycles. The molecule has 6 nitrogen and oxygen atoms in total. The number of nitrogens with zero attached hydrogens (tertiary/aromatic N) is 3. The highest BCUT2D eigenvalue weighted by Gasteiger charge is 2.22. The number of carbonyl (C=O) groups is 1. The van der Waals surface area contributed by atoms with Crippen molar-refractivity contribution in [1.82, 2.24) is 25.6 Å². The minimum atomic E-state index is -0.211. The highest BCUT2D eigenvalue weighted by Crippen LogP contribution is 2.22. The van der Waals surface area contributed by atoms with Crippen molar-refractivity contribution in [3.05, 3.63) is 46.2 Å². The zero-order valence-electron chi connectivity index (χ0n) is 11.6. The second-order valence-corrected chi connectivity index (χ2v) is 5.97. The lowest BCUT2D eigenvalue weighted by Crippen LogP contribution is -2.43. The summed E-state index contributed by atoms with van der Waals surface area (Å²) in [6, 6.07) is 8.02. The van der Waals surface area contributed by atoms with Gasteiger partial charge in [-0.05, 0) is 18.6 Å². The molecule has 110 valence electrons. The van der Waals surface area contributed by atoms with E-state index in [4.69, 9.17) is 0 Å². The van der Waals surface area contributed by atoms with E-state index in [9.17, 15) is 4.79 Å². The van der Waals surface area contributed by atoms with Gasteiger partial charge >= 0.3 is 0 Å². The van der Waals surface area contributed by atoms with E-state index in [2.05, 4.69) is 36.9 Å². The van der Waals surface area contributed by atoms with Crippen LogP contribution in [0.3, 0.4) is 0 Å². The third-order valence-corrected chi connectivity index (χ3v) is 4.32. The fourth-order valence-electron chi connectivity index (χ4n) is 2.19. The molecule has 3 rings (SSSR count). The van der Waals surface area contributed by atoms with Crippen LogP contribution in [0.4, 0.5) is 0 Å². The smallest absolute Gasteiger partial charge is 0.273 e. The second-order valence-electron chi connectivity index (χ2n) is 5.11. The minimum absolute atomic E-state index is 0.108. The molecule has 2 N–H and O–H groups in total. The molecule has 7 heteroatoms. The fraction of sp³-hybridized carbons (Fsp3) is 0.357. The Hall–Kier alpha value is -1.73. The Kier molecular flexibility index (Phi) is 4.03. The van der Waals surface area contributed by atoms with Gasteiger partial charge in [-0.2, -0.15) is 0 Å². The fourth-order valence-corrected chi connectivity index (χ4v) is 2.82. The average molecular weight is 350 g/mol. The van der Waals surface area contributed by atoms with Crippen LogP contribution in [0.1, 0.15) is 35.1 Å². The van der Waals surface area contributed by atoms with Crippen LogP contribution in [0.15, 0.2) is 34.9 Å². The maximum Gasteiger partial charge on any atom is 0.273 e. The Balaban J connectivity index is 1.68. The van der Waals surface area contributed by atoms with Crippen LogP contribution in [0.2, 0.25) is 0 Å². The molecule has 1 fully saturated rings. The molecule has 21 heavy (non-hydrogen) atoms. The van der Waals surface area contributed by atoms with Crippen molar-refractivity contribution in [3.8, 4) is 0 Å². The van der Waals surface area contributed by atoms with Crippen LogP contribution in [-0.2, 0) is 0 Å². The number of benzene rings is 1. The summed E-state index contributed by atoms with van der Waals surface area (Å²) >= 11 is 3.49. The monoisotopic (exact) mass is 349 g/mol. The summed E-state index contributed by atoms with van der Waals surface area (Å²) in [6.07, 6.45) is 1.70. The van der Waals surface area contributed by atoms with Crippen molar-refractivity contribution >= 4 is 21.8 Å². The first-order valence-corrected chi connectivity index (χ1v) is 7.62. The summed E-state index contributed by atoms with van der Waals surface area (Å²) < 4.78 is 2.72. The van der Waals surface area contributed by atoms with Crippen molar-refractivity contribution < 1.29 is 4.79 Å². The van der Waals surface area contributed by atoms with Crippen LogP contribution in [0.5, 0.6) is 0 Å². The Morgan fingerprint density at radius 2 is 2.24 bits per heavy atom. The standard InChI is InChI=1S/C14H16BrN5O/c1-9(11-4-2-3-5-12(11)15)17-14(21)13-8-20(19-18-13)10-6-16-7-10/h2-5,8-10,16H,6-7H2,1H3,(H,17,21)/t9-/m0/s1. The van der Waals surface area contributed by atoms with Gasteiger partial charge in [0.25, 0.3) is 5.91 Å². The molecular weight excluding hydrogens is 334 g/mol. The van der Waals surface area contributed by atoms with E-state index >= 15 is 0 Å².